The minimum atomic E-state index is -0.184. The summed E-state index contributed by atoms with van der Waals surface area (Å²) < 4.78 is 0. The maximum atomic E-state index is 12.5. The van der Waals surface area contributed by atoms with E-state index < -0.39 is 0 Å². The van der Waals surface area contributed by atoms with Crippen LogP contribution in [-0.2, 0) is 17.6 Å². The van der Waals surface area contributed by atoms with Crippen molar-refractivity contribution in [2.24, 2.45) is 5.92 Å². The van der Waals surface area contributed by atoms with E-state index in [4.69, 9.17) is 0 Å². The van der Waals surface area contributed by atoms with Crippen molar-refractivity contribution in [3.05, 3.63) is 45.2 Å². The molecular formula is C18H18N4O2S2. The minimum Gasteiger partial charge on any atom is -0.310 e. The van der Waals surface area contributed by atoms with Crippen molar-refractivity contribution in [2.45, 2.75) is 31.3 Å². The van der Waals surface area contributed by atoms with Crippen LogP contribution < -0.4 is 10.9 Å². The van der Waals surface area contributed by atoms with Crippen LogP contribution in [0.5, 0.6) is 0 Å². The highest BCUT2D eigenvalue weighted by Crippen LogP contribution is 2.36. The Morgan fingerprint density at radius 2 is 2.35 bits per heavy atom. The molecule has 3 aromatic heterocycles. The molecule has 3 aromatic rings. The topological polar surface area (TPSA) is 87.7 Å². The summed E-state index contributed by atoms with van der Waals surface area (Å²) in [5.41, 5.74) is 1.07. The number of fused-ring (bicyclic) bond motifs is 3. The molecule has 0 saturated heterocycles. The third-order valence-corrected chi connectivity index (χ3v) is 6.44. The van der Waals surface area contributed by atoms with Gasteiger partial charge >= 0.3 is 0 Å². The van der Waals surface area contributed by atoms with Gasteiger partial charge in [-0.2, -0.15) is 0 Å². The summed E-state index contributed by atoms with van der Waals surface area (Å²) in [6.45, 7) is 2.24. The molecule has 2 N–H and O–H groups in total. The van der Waals surface area contributed by atoms with Gasteiger partial charge in [0.25, 0.3) is 5.56 Å². The molecule has 1 atom stereocenters. The fraction of sp³-hybridized carbons (Fsp3) is 0.333. The predicted octanol–water partition coefficient (Wildman–Crippen LogP) is 3.24. The first-order chi connectivity index (χ1) is 12.6. The second-order valence-corrected chi connectivity index (χ2v) is 8.50. The number of carbonyl (C=O) groups is 1. The van der Waals surface area contributed by atoms with Gasteiger partial charge in [0.2, 0.25) is 5.91 Å². The number of thiophene rings is 1. The van der Waals surface area contributed by atoms with E-state index in [0.717, 1.165) is 29.5 Å². The second kappa shape index (κ2) is 7.20. The Balaban J connectivity index is 1.51. The van der Waals surface area contributed by atoms with Gasteiger partial charge in [0, 0.05) is 11.1 Å². The van der Waals surface area contributed by atoms with E-state index in [2.05, 4.69) is 27.2 Å². The number of hydrogen-bond donors (Lipinski definition) is 2. The van der Waals surface area contributed by atoms with Crippen molar-refractivity contribution in [3.8, 4) is 0 Å². The molecule has 1 aliphatic rings. The van der Waals surface area contributed by atoms with Crippen LogP contribution >= 0.6 is 23.1 Å². The number of aryl methyl sites for hydroxylation is 1. The minimum absolute atomic E-state index is 0.102. The fourth-order valence-electron chi connectivity index (χ4n) is 3.15. The highest BCUT2D eigenvalue weighted by atomic mass is 32.2. The SMILES string of the molecule is CC1CCc2c(sc3nc(SCC(=O)Nc4ccccn4)[nH]c(=O)c23)C1. The molecule has 4 rings (SSSR count). The standard InChI is InChI=1S/C18H18N4O2S2/c1-10-5-6-11-12(8-10)26-17-15(11)16(24)21-18(22-17)25-9-14(23)20-13-4-2-3-7-19-13/h2-4,7,10H,5-6,8-9H2,1H3,(H,19,20,23)(H,21,22,24). The maximum Gasteiger partial charge on any atom is 0.260 e. The molecule has 0 aromatic carbocycles. The van der Waals surface area contributed by atoms with Gasteiger partial charge in [0.1, 0.15) is 10.6 Å². The van der Waals surface area contributed by atoms with Crippen molar-refractivity contribution in [1.29, 1.82) is 0 Å². The Hall–Kier alpha value is -2.19. The van der Waals surface area contributed by atoms with Crippen molar-refractivity contribution in [2.75, 3.05) is 11.1 Å². The van der Waals surface area contributed by atoms with Crippen molar-refractivity contribution in [1.82, 2.24) is 15.0 Å². The zero-order valence-corrected chi connectivity index (χ0v) is 15.9. The first-order valence-electron chi connectivity index (χ1n) is 8.48. The number of amides is 1. The first kappa shape index (κ1) is 17.2. The molecule has 0 saturated carbocycles. The van der Waals surface area contributed by atoms with E-state index in [1.807, 2.05) is 6.07 Å². The molecule has 3 heterocycles. The number of nitrogens with one attached hydrogen (secondary N) is 2. The van der Waals surface area contributed by atoms with Crippen LogP contribution in [0.2, 0.25) is 0 Å². The Kier molecular flexibility index (Phi) is 4.78. The van der Waals surface area contributed by atoms with E-state index in [-0.39, 0.29) is 17.2 Å². The van der Waals surface area contributed by atoms with Gasteiger partial charge in [-0.05, 0) is 42.9 Å². The zero-order chi connectivity index (χ0) is 18.1. The molecule has 1 amide bonds. The second-order valence-electron chi connectivity index (χ2n) is 6.45. The Morgan fingerprint density at radius 3 is 3.15 bits per heavy atom. The number of aromatic nitrogens is 3. The van der Waals surface area contributed by atoms with Gasteiger partial charge in [0.05, 0.1) is 11.1 Å². The van der Waals surface area contributed by atoms with Crippen LogP contribution in [0.4, 0.5) is 5.82 Å². The lowest BCUT2D eigenvalue weighted by molar-refractivity contribution is -0.113. The molecule has 8 heteroatoms. The van der Waals surface area contributed by atoms with E-state index in [9.17, 15) is 9.59 Å². The molecule has 0 radical (unpaired) electrons. The Bertz CT molecular complexity index is 1010. The lowest BCUT2D eigenvalue weighted by Crippen LogP contribution is -2.16. The van der Waals surface area contributed by atoms with E-state index in [1.54, 1.807) is 29.7 Å². The average molecular weight is 387 g/mol. The lowest BCUT2D eigenvalue weighted by atomic mass is 9.89. The highest BCUT2D eigenvalue weighted by molar-refractivity contribution is 7.99. The maximum absolute atomic E-state index is 12.5. The van der Waals surface area contributed by atoms with Crippen molar-refractivity contribution < 1.29 is 4.79 Å². The molecule has 6 nitrogen and oxygen atoms in total. The molecule has 1 unspecified atom stereocenters. The smallest absolute Gasteiger partial charge is 0.260 e. The number of anilines is 1. The normalized spacial score (nSPS) is 16.4. The van der Waals surface area contributed by atoms with Gasteiger partial charge in [0.15, 0.2) is 5.16 Å². The number of thioether (sulfide) groups is 1. The summed E-state index contributed by atoms with van der Waals surface area (Å²) in [6, 6.07) is 5.32. The summed E-state index contributed by atoms with van der Waals surface area (Å²) in [6.07, 6.45) is 4.70. The first-order valence-corrected chi connectivity index (χ1v) is 10.3. The van der Waals surface area contributed by atoms with E-state index in [0.29, 0.717) is 16.9 Å². The molecule has 26 heavy (non-hydrogen) atoms. The summed E-state index contributed by atoms with van der Waals surface area (Å²) in [7, 11) is 0. The van der Waals surface area contributed by atoms with Gasteiger partial charge in [-0.3, -0.25) is 9.59 Å². The summed E-state index contributed by atoms with van der Waals surface area (Å²) in [4.78, 5) is 38.1. The number of carbonyl (C=O) groups excluding carboxylic acids is 1. The van der Waals surface area contributed by atoms with E-state index >= 15 is 0 Å². The Morgan fingerprint density at radius 1 is 1.46 bits per heavy atom. The molecule has 0 fully saturated rings. The van der Waals surface area contributed by atoms with Crippen LogP contribution in [0.15, 0.2) is 34.3 Å². The van der Waals surface area contributed by atoms with Gasteiger partial charge in [-0.1, -0.05) is 24.8 Å². The van der Waals surface area contributed by atoms with Gasteiger partial charge in [-0.25, -0.2) is 9.97 Å². The molecular weight excluding hydrogens is 368 g/mol. The number of pyridine rings is 1. The van der Waals surface area contributed by atoms with Crippen LogP contribution in [0.25, 0.3) is 10.2 Å². The summed E-state index contributed by atoms with van der Waals surface area (Å²) in [5.74, 6) is 1.14. The monoisotopic (exact) mass is 386 g/mol. The molecule has 0 bridgehead atoms. The number of nitrogens with zero attached hydrogens (tertiary/aromatic N) is 2. The van der Waals surface area contributed by atoms with Crippen molar-refractivity contribution in [3.63, 3.8) is 0 Å². The predicted molar refractivity (Wildman–Crippen MR) is 105 cm³/mol. The number of H-pyrrole nitrogens is 1. The van der Waals surface area contributed by atoms with Crippen molar-refractivity contribution >= 4 is 45.0 Å². The molecule has 134 valence electrons. The number of hydrogen-bond acceptors (Lipinski definition) is 6. The third-order valence-electron chi connectivity index (χ3n) is 4.42. The number of rotatable bonds is 4. The van der Waals surface area contributed by atoms with E-state index in [1.165, 1.54) is 22.2 Å². The Labute approximate surface area is 158 Å². The quantitative estimate of drug-likeness (QED) is 0.531. The highest BCUT2D eigenvalue weighted by Gasteiger charge is 2.23. The number of aromatic amines is 1. The van der Waals surface area contributed by atoms with Crippen LogP contribution in [0.1, 0.15) is 23.8 Å². The summed E-state index contributed by atoms with van der Waals surface area (Å²) in [5, 5.41) is 3.93. The molecule has 0 aliphatic heterocycles. The molecule has 1 aliphatic carbocycles. The van der Waals surface area contributed by atoms with Crippen LogP contribution in [0.3, 0.4) is 0 Å². The van der Waals surface area contributed by atoms with Gasteiger partial charge in [-0.15, -0.1) is 11.3 Å². The third kappa shape index (κ3) is 3.52. The largest absolute Gasteiger partial charge is 0.310 e. The van der Waals surface area contributed by atoms with Gasteiger partial charge < -0.3 is 10.3 Å². The fourth-order valence-corrected chi connectivity index (χ4v) is 5.25. The van der Waals surface area contributed by atoms with Crippen LogP contribution in [-0.4, -0.2) is 26.6 Å². The lowest BCUT2D eigenvalue weighted by Gasteiger charge is -2.17. The molecule has 0 spiro atoms. The average Bonchev–Trinajstić information content (AvgIpc) is 2.98. The summed E-state index contributed by atoms with van der Waals surface area (Å²) >= 11 is 2.84. The van der Waals surface area contributed by atoms with Crippen LogP contribution in [0, 0.1) is 5.92 Å². The zero-order valence-electron chi connectivity index (χ0n) is 14.2.